The predicted molar refractivity (Wildman–Crippen MR) is 49.8 cm³/mol. The number of aliphatic hydroxyl groups is 1. The van der Waals surface area contributed by atoms with Gasteiger partial charge in [-0.05, 0) is 12.1 Å². The van der Waals surface area contributed by atoms with Gasteiger partial charge in [-0.1, -0.05) is 0 Å². The first-order chi connectivity index (χ1) is 7.56. The van der Waals surface area contributed by atoms with Crippen molar-refractivity contribution in [2.45, 2.75) is 6.10 Å². The Morgan fingerprint density at radius 2 is 2.12 bits per heavy atom. The summed E-state index contributed by atoms with van der Waals surface area (Å²) in [6.45, 7) is -0.625. The highest BCUT2D eigenvalue weighted by Gasteiger charge is 2.23. The molecular weight excluding hydrogens is 222 g/mol. The van der Waals surface area contributed by atoms with Gasteiger partial charge in [0.1, 0.15) is 11.6 Å². The number of carbonyl (C=O) groups is 1. The molecule has 4 nitrogen and oxygen atoms in total. The molecule has 0 aromatic heterocycles. The molecule has 0 bridgehead atoms. The Bertz CT molecular complexity index is 381. The molecular formula is C10H10F2O4. The number of rotatable bonds is 5. The molecule has 0 spiro atoms. The van der Waals surface area contributed by atoms with E-state index in [1.165, 1.54) is 0 Å². The van der Waals surface area contributed by atoms with Crippen molar-refractivity contribution in [3.8, 4) is 0 Å². The Morgan fingerprint density at radius 3 is 2.62 bits per heavy atom. The van der Waals surface area contributed by atoms with Crippen LogP contribution in [0.15, 0.2) is 18.2 Å². The Balaban J connectivity index is 2.96. The number of carboxylic acids is 1. The third-order valence-electron chi connectivity index (χ3n) is 1.85. The van der Waals surface area contributed by atoms with Crippen molar-refractivity contribution in [2.75, 3.05) is 13.2 Å². The molecule has 1 unspecified atom stereocenters. The van der Waals surface area contributed by atoms with Crippen LogP contribution in [0.2, 0.25) is 0 Å². The van der Waals surface area contributed by atoms with Crippen LogP contribution in [0.1, 0.15) is 11.7 Å². The van der Waals surface area contributed by atoms with E-state index in [4.69, 9.17) is 14.9 Å². The van der Waals surface area contributed by atoms with Gasteiger partial charge in [-0.3, -0.25) is 0 Å². The zero-order chi connectivity index (χ0) is 12.1. The first-order valence-corrected chi connectivity index (χ1v) is 4.46. The number of benzene rings is 1. The maximum Gasteiger partial charge on any atom is 0.337 e. The van der Waals surface area contributed by atoms with Crippen molar-refractivity contribution in [1.82, 2.24) is 0 Å². The number of carboxylic acid groups (broad SMARTS) is 1. The normalized spacial score (nSPS) is 12.4. The van der Waals surface area contributed by atoms with Gasteiger partial charge >= 0.3 is 5.97 Å². The lowest BCUT2D eigenvalue weighted by molar-refractivity contribution is -0.151. The molecule has 1 aromatic rings. The van der Waals surface area contributed by atoms with Crippen LogP contribution in [-0.4, -0.2) is 29.4 Å². The second kappa shape index (κ2) is 5.53. The third kappa shape index (κ3) is 2.98. The summed E-state index contributed by atoms with van der Waals surface area (Å²) in [6, 6.07) is 2.52. The van der Waals surface area contributed by atoms with Crippen LogP contribution in [0.5, 0.6) is 0 Å². The van der Waals surface area contributed by atoms with Crippen molar-refractivity contribution in [1.29, 1.82) is 0 Å². The number of aliphatic carboxylic acids is 1. The minimum atomic E-state index is -1.55. The van der Waals surface area contributed by atoms with E-state index in [1.54, 1.807) is 0 Å². The molecule has 0 aliphatic carbocycles. The number of hydrogen-bond donors (Lipinski definition) is 2. The van der Waals surface area contributed by atoms with Crippen molar-refractivity contribution in [2.24, 2.45) is 0 Å². The number of aliphatic hydroxyl groups excluding tert-OH is 1. The first-order valence-electron chi connectivity index (χ1n) is 4.46. The fourth-order valence-corrected chi connectivity index (χ4v) is 1.18. The van der Waals surface area contributed by atoms with Crippen molar-refractivity contribution < 1.29 is 28.5 Å². The zero-order valence-corrected chi connectivity index (χ0v) is 8.19. The SMILES string of the molecule is O=C(O)C(OCCO)c1ccc(F)cc1F. The summed E-state index contributed by atoms with van der Waals surface area (Å²) in [5, 5.41) is 17.3. The second-order valence-electron chi connectivity index (χ2n) is 2.98. The van der Waals surface area contributed by atoms with E-state index < -0.39 is 23.7 Å². The van der Waals surface area contributed by atoms with Crippen LogP contribution < -0.4 is 0 Å². The topological polar surface area (TPSA) is 66.8 Å². The average molecular weight is 232 g/mol. The lowest BCUT2D eigenvalue weighted by Crippen LogP contribution is -2.18. The van der Waals surface area contributed by atoms with Crippen LogP contribution in [0.4, 0.5) is 8.78 Å². The van der Waals surface area contributed by atoms with E-state index in [2.05, 4.69) is 0 Å². The molecule has 0 aliphatic heterocycles. The van der Waals surface area contributed by atoms with Gasteiger partial charge in [0.2, 0.25) is 0 Å². The number of halogens is 2. The highest BCUT2D eigenvalue weighted by Crippen LogP contribution is 2.21. The van der Waals surface area contributed by atoms with Crippen LogP contribution >= 0.6 is 0 Å². The van der Waals surface area contributed by atoms with Crippen molar-refractivity contribution in [3.63, 3.8) is 0 Å². The minimum absolute atomic E-state index is 0.242. The Morgan fingerprint density at radius 1 is 1.44 bits per heavy atom. The van der Waals surface area contributed by atoms with Crippen LogP contribution in [0, 0.1) is 11.6 Å². The summed E-state index contributed by atoms with van der Waals surface area (Å²) < 4.78 is 30.6. The molecule has 0 saturated carbocycles. The lowest BCUT2D eigenvalue weighted by Gasteiger charge is -2.13. The minimum Gasteiger partial charge on any atom is -0.479 e. The van der Waals surface area contributed by atoms with Crippen molar-refractivity contribution in [3.05, 3.63) is 35.4 Å². The van der Waals surface area contributed by atoms with E-state index >= 15 is 0 Å². The lowest BCUT2D eigenvalue weighted by atomic mass is 10.1. The van der Waals surface area contributed by atoms with Gasteiger partial charge in [0.15, 0.2) is 6.10 Å². The monoisotopic (exact) mass is 232 g/mol. The van der Waals surface area contributed by atoms with Gasteiger partial charge < -0.3 is 14.9 Å². The quantitative estimate of drug-likeness (QED) is 0.797. The molecule has 1 atom stereocenters. The fourth-order valence-electron chi connectivity index (χ4n) is 1.18. The van der Waals surface area contributed by atoms with Gasteiger partial charge in [0, 0.05) is 11.6 Å². The third-order valence-corrected chi connectivity index (χ3v) is 1.85. The van der Waals surface area contributed by atoms with Gasteiger partial charge in [-0.25, -0.2) is 13.6 Å². The zero-order valence-electron chi connectivity index (χ0n) is 8.19. The standard InChI is InChI=1S/C10H10F2O4/c11-6-1-2-7(8(12)5-6)9(10(14)15)16-4-3-13/h1-2,5,9,13H,3-4H2,(H,14,15). The largest absolute Gasteiger partial charge is 0.479 e. The summed E-state index contributed by atoms with van der Waals surface area (Å²) in [4.78, 5) is 10.8. The molecule has 0 saturated heterocycles. The van der Waals surface area contributed by atoms with E-state index in [-0.39, 0.29) is 18.8 Å². The van der Waals surface area contributed by atoms with Crippen LogP contribution in [-0.2, 0) is 9.53 Å². The Kier molecular flexibility index (Phi) is 4.33. The molecule has 16 heavy (non-hydrogen) atoms. The second-order valence-corrected chi connectivity index (χ2v) is 2.98. The highest BCUT2D eigenvalue weighted by molar-refractivity contribution is 5.74. The fraction of sp³-hybridized carbons (Fsp3) is 0.300. The molecule has 0 fully saturated rings. The van der Waals surface area contributed by atoms with Crippen molar-refractivity contribution >= 4 is 5.97 Å². The number of hydrogen-bond acceptors (Lipinski definition) is 3. The van der Waals surface area contributed by atoms with E-state index in [0.29, 0.717) is 6.07 Å². The summed E-state index contributed by atoms with van der Waals surface area (Å²) in [7, 11) is 0. The Hall–Kier alpha value is -1.53. The molecule has 1 aromatic carbocycles. The van der Waals surface area contributed by atoms with Gasteiger partial charge in [0.25, 0.3) is 0 Å². The maximum absolute atomic E-state index is 13.2. The van der Waals surface area contributed by atoms with E-state index in [9.17, 15) is 13.6 Å². The molecule has 1 rings (SSSR count). The molecule has 6 heteroatoms. The molecule has 0 heterocycles. The van der Waals surface area contributed by atoms with E-state index in [1.807, 2.05) is 0 Å². The summed E-state index contributed by atoms with van der Waals surface area (Å²) in [6.07, 6.45) is -1.55. The summed E-state index contributed by atoms with van der Waals surface area (Å²) >= 11 is 0. The summed E-state index contributed by atoms with van der Waals surface area (Å²) in [5.41, 5.74) is -0.276. The number of ether oxygens (including phenoxy) is 1. The molecule has 0 amide bonds. The summed E-state index contributed by atoms with van der Waals surface area (Å²) in [5.74, 6) is -3.20. The van der Waals surface area contributed by atoms with E-state index in [0.717, 1.165) is 12.1 Å². The molecule has 2 N–H and O–H groups in total. The average Bonchev–Trinajstić information content (AvgIpc) is 2.20. The van der Waals surface area contributed by atoms with Gasteiger partial charge in [-0.2, -0.15) is 0 Å². The van der Waals surface area contributed by atoms with Crippen LogP contribution in [0.3, 0.4) is 0 Å². The van der Waals surface area contributed by atoms with Gasteiger partial charge in [-0.15, -0.1) is 0 Å². The Labute approximate surface area is 90.1 Å². The first kappa shape index (κ1) is 12.5. The maximum atomic E-state index is 13.2. The van der Waals surface area contributed by atoms with Crippen LogP contribution in [0.25, 0.3) is 0 Å². The molecule has 88 valence electrons. The van der Waals surface area contributed by atoms with Gasteiger partial charge in [0.05, 0.1) is 13.2 Å². The predicted octanol–water partition coefficient (Wildman–Crippen LogP) is 1.10. The highest BCUT2D eigenvalue weighted by atomic mass is 19.1. The molecule has 0 aliphatic rings. The smallest absolute Gasteiger partial charge is 0.337 e. The molecule has 0 radical (unpaired) electrons.